The van der Waals surface area contributed by atoms with Gasteiger partial charge in [-0.1, -0.05) is 60.7 Å². The van der Waals surface area contributed by atoms with Crippen LogP contribution in [0.15, 0.2) is 60.7 Å². The molecule has 2 aromatic rings. The highest BCUT2D eigenvalue weighted by atomic mass is 16.7. The van der Waals surface area contributed by atoms with Gasteiger partial charge in [0, 0.05) is 11.1 Å². The Morgan fingerprint density at radius 1 is 0.476 bits per heavy atom. The van der Waals surface area contributed by atoms with Gasteiger partial charge in [0.1, 0.15) is 0 Å². The molecule has 0 saturated heterocycles. The van der Waals surface area contributed by atoms with Crippen LogP contribution in [-0.4, -0.2) is 36.4 Å². The predicted molar refractivity (Wildman–Crippen MR) is 72.3 cm³/mol. The number of hydrogen-bond acceptors (Lipinski definition) is 6. The number of benzene rings is 2. The highest BCUT2D eigenvalue weighted by molar-refractivity contribution is 5.28. The molecule has 112 valence electrons. The quantitative estimate of drug-likeness (QED) is 0.416. The zero-order valence-electron chi connectivity index (χ0n) is 11.0. The van der Waals surface area contributed by atoms with Crippen LogP contribution in [0.25, 0.3) is 0 Å². The molecule has 0 aliphatic carbocycles. The summed E-state index contributed by atoms with van der Waals surface area (Å²) in [5, 5.41) is 60.2. The van der Waals surface area contributed by atoms with Crippen molar-refractivity contribution in [1.82, 2.24) is 0 Å². The van der Waals surface area contributed by atoms with Crippen LogP contribution in [0.1, 0.15) is 11.1 Å². The highest BCUT2D eigenvalue weighted by Crippen LogP contribution is 2.40. The molecule has 0 aliphatic heterocycles. The molecule has 6 nitrogen and oxygen atoms in total. The third kappa shape index (κ3) is 2.44. The van der Waals surface area contributed by atoms with Gasteiger partial charge in [0.05, 0.1) is 0 Å². The van der Waals surface area contributed by atoms with Crippen molar-refractivity contribution in [3.63, 3.8) is 0 Å². The maximum Gasteiger partial charge on any atom is 0.283 e. The molecular weight excluding hydrogens is 276 g/mol. The first kappa shape index (κ1) is 15.6. The second kappa shape index (κ2) is 5.19. The van der Waals surface area contributed by atoms with Crippen LogP contribution in [-0.2, 0) is 11.6 Å². The first-order valence-corrected chi connectivity index (χ1v) is 6.16. The van der Waals surface area contributed by atoms with Crippen molar-refractivity contribution in [2.24, 2.45) is 0 Å². The normalized spacial score (nSPS) is 13.2. The minimum Gasteiger partial charge on any atom is -0.358 e. The molecule has 0 aromatic heterocycles. The van der Waals surface area contributed by atoms with Crippen LogP contribution in [0.5, 0.6) is 0 Å². The third-order valence-electron chi connectivity index (χ3n) is 3.32. The summed E-state index contributed by atoms with van der Waals surface area (Å²) in [7, 11) is 0. The first-order chi connectivity index (χ1) is 9.71. The first-order valence-electron chi connectivity index (χ1n) is 6.16. The van der Waals surface area contributed by atoms with Crippen LogP contribution in [0, 0.1) is 0 Å². The van der Waals surface area contributed by atoms with E-state index in [1.165, 1.54) is 48.5 Å². The van der Waals surface area contributed by atoms with E-state index in [4.69, 9.17) is 0 Å². The summed E-state index contributed by atoms with van der Waals surface area (Å²) in [4.78, 5) is 0. The molecule has 0 unspecified atom stereocenters. The molecule has 0 saturated carbocycles. The summed E-state index contributed by atoms with van der Waals surface area (Å²) >= 11 is 0. The zero-order chi connectivity index (χ0) is 15.7. The molecule has 6 heteroatoms. The van der Waals surface area contributed by atoms with Crippen LogP contribution in [0.4, 0.5) is 0 Å². The largest absolute Gasteiger partial charge is 0.358 e. The van der Waals surface area contributed by atoms with Gasteiger partial charge in [0.2, 0.25) is 0 Å². The Labute approximate surface area is 120 Å². The van der Waals surface area contributed by atoms with Gasteiger partial charge in [0.25, 0.3) is 17.4 Å². The number of aliphatic hydroxyl groups is 6. The molecule has 0 radical (unpaired) electrons. The Bertz CT molecular complexity index is 539. The SMILES string of the molecule is OC(O)(c1ccccc1)C(O)(O)C(O)(O)c1ccccc1. The van der Waals surface area contributed by atoms with E-state index < -0.39 is 17.4 Å². The predicted octanol–water partition coefficient (Wildman–Crippen LogP) is -0.657. The maximum absolute atomic E-state index is 10.0. The van der Waals surface area contributed by atoms with Gasteiger partial charge >= 0.3 is 0 Å². The van der Waals surface area contributed by atoms with Crippen molar-refractivity contribution in [2.45, 2.75) is 17.4 Å². The Balaban J connectivity index is 2.50. The van der Waals surface area contributed by atoms with Crippen LogP contribution >= 0.6 is 0 Å². The van der Waals surface area contributed by atoms with Crippen LogP contribution in [0.3, 0.4) is 0 Å². The molecule has 0 spiro atoms. The van der Waals surface area contributed by atoms with Crippen molar-refractivity contribution in [3.05, 3.63) is 71.8 Å². The molecule has 0 fully saturated rings. The summed E-state index contributed by atoms with van der Waals surface area (Å²) in [6.45, 7) is 0. The maximum atomic E-state index is 10.0. The topological polar surface area (TPSA) is 121 Å². The third-order valence-corrected chi connectivity index (χ3v) is 3.32. The molecule has 6 N–H and O–H groups in total. The van der Waals surface area contributed by atoms with Gasteiger partial charge < -0.3 is 30.6 Å². The van der Waals surface area contributed by atoms with Crippen molar-refractivity contribution >= 4 is 0 Å². The molecule has 0 heterocycles. The fraction of sp³-hybridized carbons (Fsp3) is 0.200. The van der Waals surface area contributed by atoms with E-state index in [-0.39, 0.29) is 11.1 Å². The minimum atomic E-state index is -3.68. The van der Waals surface area contributed by atoms with E-state index in [0.717, 1.165) is 0 Å². The lowest BCUT2D eigenvalue weighted by molar-refractivity contribution is -0.465. The van der Waals surface area contributed by atoms with E-state index in [0.29, 0.717) is 0 Å². The van der Waals surface area contributed by atoms with E-state index in [1.54, 1.807) is 12.1 Å². The fourth-order valence-corrected chi connectivity index (χ4v) is 1.99. The molecule has 2 rings (SSSR count). The number of rotatable bonds is 4. The lowest BCUT2D eigenvalue weighted by Gasteiger charge is -2.42. The average Bonchev–Trinajstić information content (AvgIpc) is 2.48. The minimum absolute atomic E-state index is 0.307. The molecular formula is C15H16O6. The number of hydrogen-bond donors (Lipinski definition) is 6. The van der Waals surface area contributed by atoms with E-state index in [1.807, 2.05) is 0 Å². The van der Waals surface area contributed by atoms with Gasteiger partial charge in [-0.3, -0.25) is 0 Å². The van der Waals surface area contributed by atoms with Crippen molar-refractivity contribution in [2.75, 3.05) is 0 Å². The van der Waals surface area contributed by atoms with E-state index in [2.05, 4.69) is 0 Å². The van der Waals surface area contributed by atoms with E-state index in [9.17, 15) is 30.6 Å². The highest BCUT2D eigenvalue weighted by Gasteiger charge is 2.63. The van der Waals surface area contributed by atoms with Gasteiger partial charge in [-0.05, 0) is 0 Å². The molecule has 2 aromatic carbocycles. The van der Waals surface area contributed by atoms with E-state index >= 15 is 0 Å². The monoisotopic (exact) mass is 292 g/mol. The summed E-state index contributed by atoms with van der Waals surface area (Å²) in [5.41, 5.74) is -0.614. The Kier molecular flexibility index (Phi) is 3.85. The van der Waals surface area contributed by atoms with Gasteiger partial charge in [-0.2, -0.15) is 0 Å². The molecule has 0 aliphatic rings. The van der Waals surface area contributed by atoms with Gasteiger partial charge in [-0.25, -0.2) is 0 Å². The van der Waals surface area contributed by atoms with Crippen molar-refractivity contribution in [1.29, 1.82) is 0 Å². The lowest BCUT2D eigenvalue weighted by Crippen LogP contribution is -2.64. The molecule has 0 atom stereocenters. The van der Waals surface area contributed by atoms with Crippen molar-refractivity contribution in [3.8, 4) is 0 Å². The molecule has 0 bridgehead atoms. The summed E-state index contributed by atoms with van der Waals surface area (Å²) in [6, 6.07) is 13.7. The van der Waals surface area contributed by atoms with Crippen LogP contribution < -0.4 is 0 Å². The standard InChI is InChI=1S/C15H16O6/c16-13(17,11-7-3-1-4-8-11)15(20,21)14(18,19)12-9-5-2-6-10-12/h1-10,16-21H. The van der Waals surface area contributed by atoms with Crippen molar-refractivity contribution < 1.29 is 30.6 Å². The second-order valence-corrected chi connectivity index (χ2v) is 4.75. The Hall–Kier alpha value is -1.80. The van der Waals surface area contributed by atoms with Crippen LogP contribution in [0.2, 0.25) is 0 Å². The zero-order valence-corrected chi connectivity index (χ0v) is 11.0. The second-order valence-electron chi connectivity index (χ2n) is 4.75. The average molecular weight is 292 g/mol. The lowest BCUT2D eigenvalue weighted by atomic mass is 9.86. The summed E-state index contributed by atoms with van der Waals surface area (Å²) in [5.74, 6) is -10.3. The molecule has 21 heavy (non-hydrogen) atoms. The smallest absolute Gasteiger partial charge is 0.283 e. The van der Waals surface area contributed by atoms with Gasteiger partial charge in [0.15, 0.2) is 0 Å². The summed E-state index contributed by atoms with van der Waals surface area (Å²) in [6.07, 6.45) is 0. The van der Waals surface area contributed by atoms with Gasteiger partial charge in [-0.15, -0.1) is 0 Å². The summed E-state index contributed by atoms with van der Waals surface area (Å²) < 4.78 is 0. The Morgan fingerprint density at radius 3 is 1.05 bits per heavy atom. The fourth-order valence-electron chi connectivity index (χ4n) is 1.99. The molecule has 0 amide bonds. The Morgan fingerprint density at radius 2 is 0.762 bits per heavy atom.